The smallest absolute Gasteiger partial charge is 0.267 e. The van der Waals surface area contributed by atoms with Gasteiger partial charge in [0.05, 0.1) is 5.02 Å². The van der Waals surface area contributed by atoms with Gasteiger partial charge in [0.25, 0.3) is 5.91 Å². The van der Waals surface area contributed by atoms with Crippen LogP contribution < -0.4 is 4.74 Å². The van der Waals surface area contributed by atoms with Crippen molar-refractivity contribution in [2.75, 3.05) is 0 Å². The fourth-order valence-corrected chi connectivity index (χ4v) is 4.05. The number of thioether (sulfide) groups is 1. The SMILES string of the molecule is O=C(c1cccnc1Oc1cc(Cl)ccc1Cl)N1C=CSC(C2=CC=CCC2)=C1. The van der Waals surface area contributed by atoms with Gasteiger partial charge in [-0.15, -0.1) is 0 Å². The van der Waals surface area contributed by atoms with Gasteiger partial charge in [-0.3, -0.25) is 9.69 Å². The number of allylic oxidation sites excluding steroid dienone is 4. The summed E-state index contributed by atoms with van der Waals surface area (Å²) in [7, 11) is 0. The Kier molecular flexibility index (Phi) is 6.09. The van der Waals surface area contributed by atoms with Gasteiger partial charge in [-0.05, 0) is 48.1 Å². The van der Waals surface area contributed by atoms with E-state index in [1.165, 1.54) is 5.57 Å². The van der Waals surface area contributed by atoms with Gasteiger partial charge < -0.3 is 4.74 Å². The van der Waals surface area contributed by atoms with Crippen molar-refractivity contribution in [3.05, 3.63) is 98.7 Å². The molecule has 0 spiro atoms. The Bertz CT molecular complexity index is 1080. The molecule has 1 aromatic heterocycles. The van der Waals surface area contributed by atoms with Gasteiger partial charge in [-0.1, -0.05) is 53.2 Å². The van der Waals surface area contributed by atoms with Gasteiger partial charge in [-0.25, -0.2) is 4.98 Å². The number of aromatic nitrogens is 1. The van der Waals surface area contributed by atoms with E-state index in [-0.39, 0.29) is 11.8 Å². The van der Waals surface area contributed by atoms with E-state index < -0.39 is 0 Å². The molecule has 0 N–H and O–H groups in total. The molecule has 7 heteroatoms. The number of rotatable bonds is 4. The van der Waals surface area contributed by atoms with Crippen molar-refractivity contribution in [3.63, 3.8) is 0 Å². The number of amides is 1. The van der Waals surface area contributed by atoms with Gasteiger partial charge in [-0.2, -0.15) is 0 Å². The second-order valence-electron chi connectivity index (χ2n) is 6.30. The first-order chi connectivity index (χ1) is 14.1. The number of pyridine rings is 1. The molecule has 0 bridgehead atoms. The lowest BCUT2D eigenvalue weighted by molar-refractivity contribution is 0.0866. The molecule has 4 rings (SSSR count). The molecule has 1 aliphatic heterocycles. The predicted molar refractivity (Wildman–Crippen MR) is 118 cm³/mol. The van der Waals surface area contributed by atoms with E-state index in [4.69, 9.17) is 27.9 Å². The molecule has 2 aliphatic rings. The Labute approximate surface area is 183 Å². The molecule has 1 aliphatic carbocycles. The van der Waals surface area contributed by atoms with E-state index >= 15 is 0 Å². The van der Waals surface area contributed by atoms with Gasteiger partial charge >= 0.3 is 0 Å². The minimum absolute atomic E-state index is 0.169. The third-order valence-corrected chi connectivity index (χ3v) is 5.77. The van der Waals surface area contributed by atoms with Crippen LogP contribution in [0.2, 0.25) is 10.0 Å². The zero-order chi connectivity index (χ0) is 20.2. The van der Waals surface area contributed by atoms with Crippen LogP contribution in [0.25, 0.3) is 0 Å². The summed E-state index contributed by atoms with van der Waals surface area (Å²) in [4.78, 5) is 20.0. The van der Waals surface area contributed by atoms with Crippen LogP contribution in [0.3, 0.4) is 0 Å². The summed E-state index contributed by atoms with van der Waals surface area (Å²) in [6.45, 7) is 0. The van der Waals surface area contributed by atoms with Gasteiger partial charge in [0.15, 0.2) is 0 Å². The van der Waals surface area contributed by atoms with Crippen LogP contribution in [0.4, 0.5) is 0 Å². The average molecular weight is 443 g/mol. The number of carbonyl (C=O) groups is 1. The highest BCUT2D eigenvalue weighted by Gasteiger charge is 2.22. The predicted octanol–water partition coefficient (Wildman–Crippen LogP) is 6.96. The van der Waals surface area contributed by atoms with Crippen molar-refractivity contribution in [2.24, 2.45) is 0 Å². The number of carbonyl (C=O) groups excluding carboxylic acids is 1. The van der Waals surface area contributed by atoms with Crippen LogP contribution >= 0.6 is 35.0 Å². The maximum atomic E-state index is 13.2. The Balaban J connectivity index is 1.62. The van der Waals surface area contributed by atoms with E-state index in [0.717, 1.165) is 17.7 Å². The average Bonchev–Trinajstić information content (AvgIpc) is 2.77. The molecule has 2 aromatic rings. The molecule has 146 valence electrons. The van der Waals surface area contributed by atoms with Crippen molar-refractivity contribution in [1.29, 1.82) is 0 Å². The van der Waals surface area contributed by atoms with Crippen LogP contribution in [-0.4, -0.2) is 15.8 Å². The Morgan fingerprint density at radius 2 is 2.14 bits per heavy atom. The summed E-state index contributed by atoms with van der Waals surface area (Å²) in [6.07, 6.45) is 13.4. The third-order valence-electron chi connectivity index (χ3n) is 4.34. The summed E-state index contributed by atoms with van der Waals surface area (Å²) < 4.78 is 5.83. The summed E-state index contributed by atoms with van der Waals surface area (Å²) in [5, 5.41) is 2.76. The van der Waals surface area contributed by atoms with Crippen LogP contribution in [0, 0.1) is 0 Å². The van der Waals surface area contributed by atoms with Crippen LogP contribution in [-0.2, 0) is 0 Å². The highest BCUT2D eigenvalue weighted by molar-refractivity contribution is 8.06. The molecule has 29 heavy (non-hydrogen) atoms. The lowest BCUT2D eigenvalue weighted by Crippen LogP contribution is -2.22. The van der Waals surface area contributed by atoms with E-state index in [9.17, 15) is 4.79 Å². The van der Waals surface area contributed by atoms with Crippen molar-refractivity contribution in [1.82, 2.24) is 9.88 Å². The quantitative estimate of drug-likeness (QED) is 0.512. The van der Waals surface area contributed by atoms with Gasteiger partial charge in [0.1, 0.15) is 11.3 Å². The van der Waals surface area contributed by atoms with Crippen molar-refractivity contribution in [2.45, 2.75) is 12.8 Å². The van der Waals surface area contributed by atoms with Crippen molar-refractivity contribution >= 4 is 40.9 Å². The maximum Gasteiger partial charge on any atom is 0.267 e. The first-order valence-corrected chi connectivity index (χ1v) is 10.6. The second-order valence-corrected chi connectivity index (χ2v) is 8.09. The van der Waals surface area contributed by atoms with Crippen molar-refractivity contribution < 1.29 is 9.53 Å². The molecule has 2 heterocycles. The van der Waals surface area contributed by atoms with Crippen LogP contribution in [0.15, 0.2) is 83.0 Å². The van der Waals surface area contributed by atoms with E-state index in [0.29, 0.717) is 21.4 Å². The number of hydrogen-bond acceptors (Lipinski definition) is 4. The lowest BCUT2D eigenvalue weighted by atomic mass is 10.1. The molecule has 0 fully saturated rings. The van der Waals surface area contributed by atoms with Crippen LogP contribution in [0.5, 0.6) is 11.6 Å². The summed E-state index contributed by atoms with van der Waals surface area (Å²) in [5.41, 5.74) is 1.54. The normalized spacial score (nSPS) is 15.7. The highest BCUT2D eigenvalue weighted by atomic mass is 35.5. The largest absolute Gasteiger partial charge is 0.437 e. The summed E-state index contributed by atoms with van der Waals surface area (Å²) in [6, 6.07) is 8.26. The molecular weight excluding hydrogens is 427 g/mol. The number of halogens is 2. The van der Waals surface area contributed by atoms with E-state index in [1.54, 1.807) is 59.4 Å². The number of ether oxygens (including phenoxy) is 1. The van der Waals surface area contributed by atoms with E-state index in [2.05, 4.69) is 17.1 Å². The first-order valence-electron chi connectivity index (χ1n) is 8.93. The monoisotopic (exact) mass is 442 g/mol. The Morgan fingerprint density at radius 3 is 2.97 bits per heavy atom. The minimum atomic E-state index is -0.243. The summed E-state index contributed by atoms with van der Waals surface area (Å²) >= 11 is 13.8. The second kappa shape index (κ2) is 8.91. The number of benzene rings is 1. The van der Waals surface area contributed by atoms with Crippen molar-refractivity contribution in [3.8, 4) is 11.6 Å². The van der Waals surface area contributed by atoms with Gasteiger partial charge in [0, 0.05) is 34.6 Å². The minimum Gasteiger partial charge on any atom is -0.437 e. The summed E-state index contributed by atoms with van der Waals surface area (Å²) in [5.74, 6) is 0.266. The van der Waals surface area contributed by atoms with Gasteiger partial charge in [0.2, 0.25) is 5.88 Å². The number of nitrogens with zero attached hydrogens (tertiary/aromatic N) is 2. The van der Waals surface area contributed by atoms with E-state index in [1.807, 2.05) is 17.7 Å². The molecule has 0 saturated carbocycles. The molecular formula is C22H16Cl2N2O2S. The Hall–Kier alpha value is -2.47. The van der Waals surface area contributed by atoms with Crippen LogP contribution in [0.1, 0.15) is 23.2 Å². The molecule has 0 radical (unpaired) electrons. The molecule has 4 nitrogen and oxygen atoms in total. The fourth-order valence-electron chi connectivity index (χ4n) is 2.90. The molecule has 0 unspecified atom stereocenters. The number of hydrogen-bond donors (Lipinski definition) is 0. The zero-order valence-corrected chi connectivity index (χ0v) is 17.5. The molecule has 1 aromatic carbocycles. The lowest BCUT2D eigenvalue weighted by Gasteiger charge is -2.22. The third kappa shape index (κ3) is 4.58. The molecule has 0 atom stereocenters. The topological polar surface area (TPSA) is 42.4 Å². The standard InChI is InChI=1S/C22H16Cl2N2O2S/c23-16-8-9-18(24)19(13-16)28-21-17(7-4-10-25-21)22(27)26-11-12-29-20(14-26)15-5-2-1-3-6-15/h1-2,4-5,7-14H,3,6H2. The molecule has 0 saturated heterocycles. The zero-order valence-electron chi connectivity index (χ0n) is 15.2. The highest BCUT2D eigenvalue weighted by Crippen LogP contribution is 2.35. The molecule has 1 amide bonds. The first kappa shape index (κ1) is 19.8. The Morgan fingerprint density at radius 1 is 1.24 bits per heavy atom. The fraction of sp³-hybridized carbons (Fsp3) is 0.0909. The maximum absolute atomic E-state index is 13.2.